The SMILES string of the molecule is C1=CC2=CC=C(C=C/C=C3\C=CC(=CC=CC4=CC=C(C=C/C=C5/C=CC(=CC=CC6=CC=C(C=C/C=C7/C=CC(=C1)C7)C6)C5)C4)C3)C2. The van der Waals surface area contributed by atoms with Crippen molar-refractivity contribution in [1.29, 1.82) is 0 Å². The lowest BCUT2D eigenvalue weighted by atomic mass is 10.1. The largest absolute Gasteiger partial charge is 0.0617 e. The van der Waals surface area contributed by atoms with Gasteiger partial charge in [0.15, 0.2) is 0 Å². The first-order valence-electron chi connectivity index (χ1n) is 17.2. The van der Waals surface area contributed by atoms with Crippen molar-refractivity contribution in [3.05, 3.63) is 249 Å². The van der Waals surface area contributed by atoms with Gasteiger partial charge in [0.1, 0.15) is 0 Å². The van der Waals surface area contributed by atoms with Gasteiger partial charge in [0.25, 0.3) is 0 Å². The zero-order valence-electron chi connectivity index (χ0n) is 27.6. The third-order valence-electron chi connectivity index (χ3n) is 9.24. The highest BCUT2D eigenvalue weighted by Gasteiger charge is 2.08. The second-order valence-electron chi connectivity index (χ2n) is 13.1. The van der Waals surface area contributed by atoms with Crippen molar-refractivity contribution in [2.75, 3.05) is 0 Å². The summed E-state index contributed by atoms with van der Waals surface area (Å²) in [5.41, 5.74) is 16.2. The molecule has 0 heteroatoms. The van der Waals surface area contributed by atoms with Crippen LogP contribution in [0.15, 0.2) is 249 Å². The highest BCUT2D eigenvalue weighted by Crippen LogP contribution is 2.28. The average molecular weight is 619 g/mol. The average Bonchev–Trinajstić information content (AvgIpc) is 3.93. The molecule has 12 bridgehead atoms. The van der Waals surface area contributed by atoms with E-state index in [4.69, 9.17) is 0 Å². The summed E-state index contributed by atoms with van der Waals surface area (Å²) >= 11 is 0. The van der Waals surface area contributed by atoms with Crippen molar-refractivity contribution >= 4 is 0 Å². The fourth-order valence-corrected chi connectivity index (χ4v) is 6.55. The maximum atomic E-state index is 2.24. The Morgan fingerprint density at radius 3 is 0.479 bits per heavy atom. The molecule has 0 aromatic heterocycles. The fraction of sp³-hybridized carbons (Fsp3) is 0.125. The van der Waals surface area contributed by atoms with Crippen molar-refractivity contribution in [3.8, 4) is 0 Å². The molecule has 0 heterocycles. The van der Waals surface area contributed by atoms with Crippen molar-refractivity contribution < 1.29 is 0 Å². The lowest BCUT2D eigenvalue weighted by Gasteiger charge is -1.97. The number of hydrogen-bond acceptors (Lipinski definition) is 0. The van der Waals surface area contributed by atoms with E-state index in [1.807, 2.05) is 0 Å². The summed E-state index contributed by atoms with van der Waals surface area (Å²) in [6.45, 7) is 0. The Morgan fingerprint density at radius 1 is 0.167 bits per heavy atom. The Bertz CT molecular complexity index is 1640. The van der Waals surface area contributed by atoms with Crippen LogP contribution in [0.25, 0.3) is 0 Å². The summed E-state index contributed by atoms with van der Waals surface area (Å²) in [5, 5.41) is 0. The van der Waals surface area contributed by atoms with Gasteiger partial charge >= 0.3 is 0 Å². The van der Waals surface area contributed by atoms with Gasteiger partial charge < -0.3 is 0 Å². The van der Waals surface area contributed by atoms with Gasteiger partial charge in [0, 0.05) is 0 Å². The van der Waals surface area contributed by atoms with E-state index in [1.54, 1.807) is 0 Å². The first-order chi connectivity index (χ1) is 23.7. The van der Waals surface area contributed by atoms with Gasteiger partial charge in [0.05, 0.1) is 0 Å². The van der Waals surface area contributed by atoms with Crippen LogP contribution in [0, 0.1) is 0 Å². The van der Waals surface area contributed by atoms with E-state index in [0.717, 1.165) is 38.5 Å². The molecule has 0 amide bonds. The van der Waals surface area contributed by atoms with Crippen molar-refractivity contribution in [2.24, 2.45) is 0 Å². The zero-order valence-corrected chi connectivity index (χ0v) is 27.6. The molecule has 0 unspecified atom stereocenters. The lowest BCUT2D eigenvalue weighted by Crippen LogP contribution is -1.78. The maximum absolute atomic E-state index is 2.24. The molecule has 0 radical (unpaired) electrons. The Kier molecular flexibility index (Phi) is 10.0. The molecule has 0 saturated heterocycles. The van der Waals surface area contributed by atoms with E-state index < -0.39 is 0 Å². The minimum absolute atomic E-state index is 0.980. The molecule has 7 aliphatic rings. The summed E-state index contributed by atoms with van der Waals surface area (Å²) in [7, 11) is 0. The maximum Gasteiger partial charge on any atom is -0.00258 e. The number of allylic oxidation sites excluding steroid dienone is 42. The molecule has 0 spiro atoms. The van der Waals surface area contributed by atoms with Crippen LogP contribution in [0.4, 0.5) is 0 Å². The van der Waals surface area contributed by atoms with Crippen molar-refractivity contribution in [2.45, 2.75) is 38.5 Å². The molecule has 0 aromatic carbocycles. The topological polar surface area (TPSA) is 0 Å². The van der Waals surface area contributed by atoms with Crippen LogP contribution in [0.3, 0.4) is 0 Å². The van der Waals surface area contributed by atoms with E-state index in [9.17, 15) is 0 Å². The Hall–Kier alpha value is -5.46. The Morgan fingerprint density at radius 2 is 0.312 bits per heavy atom. The summed E-state index contributed by atoms with van der Waals surface area (Å²) in [6.07, 6.45) is 72.8. The minimum atomic E-state index is 0.980. The third kappa shape index (κ3) is 8.87. The molecule has 0 atom stereocenters. The van der Waals surface area contributed by atoms with Crippen LogP contribution in [0.1, 0.15) is 38.5 Å². The third-order valence-corrected chi connectivity index (χ3v) is 9.24. The number of fused-ring (bicyclic) bond motifs is 12. The minimum Gasteiger partial charge on any atom is -0.0617 e. The fourth-order valence-electron chi connectivity index (χ4n) is 6.55. The first kappa shape index (κ1) is 31.2. The summed E-state index contributed by atoms with van der Waals surface area (Å²) < 4.78 is 0. The van der Waals surface area contributed by atoms with E-state index in [0.29, 0.717) is 0 Å². The number of hydrogen-bond donors (Lipinski definition) is 0. The van der Waals surface area contributed by atoms with Crippen molar-refractivity contribution in [3.63, 3.8) is 0 Å². The van der Waals surface area contributed by atoms with Gasteiger partial charge in [-0.3, -0.25) is 0 Å². The predicted octanol–water partition coefficient (Wildman–Crippen LogP) is 12.5. The molecule has 0 aromatic rings. The lowest BCUT2D eigenvalue weighted by molar-refractivity contribution is 1.24. The predicted molar refractivity (Wildman–Crippen MR) is 207 cm³/mol. The normalized spacial score (nSPS) is 25.2. The number of rotatable bonds is 0. The molecule has 7 aliphatic carbocycles. The molecule has 0 aliphatic heterocycles. The molecule has 0 fully saturated rings. The van der Waals surface area contributed by atoms with Crippen LogP contribution in [0.2, 0.25) is 0 Å². The monoisotopic (exact) mass is 618 g/mol. The van der Waals surface area contributed by atoms with Crippen molar-refractivity contribution in [1.82, 2.24) is 0 Å². The van der Waals surface area contributed by atoms with Gasteiger partial charge in [-0.05, 0) is 105 Å². The Labute approximate surface area is 286 Å². The molecule has 0 nitrogen and oxygen atoms in total. The second-order valence-corrected chi connectivity index (χ2v) is 13.1. The van der Waals surface area contributed by atoms with Crippen LogP contribution in [-0.2, 0) is 0 Å². The highest BCUT2D eigenvalue weighted by atomic mass is 14.1. The van der Waals surface area contributed by atoms with Gasteiger partial charge in [0.2, 0.25) is 0 Å². The Balaban J connectivity index is 1.00. The zero-order chi connectivity index (χ0) is 32.4. The van der Waals surface area contributed by atoms with Crippen LogP contribution in [-0.4, -0.2) is 0 Å². The van der Waals surface area contributed by atoms with Gasteiger partial charge in [-0.15, -0.1) is 0 Å². The molecule has 0 N–H and O–H groups in total. The molecule has 0 saturated carbocycles. The smallest absolute Gasteiger partial charge is 0.00258 e. The summed E-state index contributed by atoms with van der Waals surface area (Å²) in [6, 6.07) is 0. The van der Waals surface area contributed by atoms with Gasteiger partial charge in [-0.2, -0.15) is 0 Å². The molecule has 48 heavy (non-hydrogen) atoms. The molecular weight excluding hydrogens is 577 g/mol. The summed E-state index contributed by atoms with van der Waals surface area (Å²) in [4.78, 5) is 0. The standard InChI is InChI=1S/C48H42/c1-7-37-19-21-39(31-37)9-2-11-41-23-25-43(33-41)13-4-15-45-27-29-47(35-45)17-6-18-48-30-28-46(36-48)16-5-14-44-26-24-42(34-44)12-3-10-40-22-20-38(8-1)32-40/h1-30H,31-36H2/b7-1?,8-1?,9-2?,10-3?,11-2?,12-3?,13-4?,14-5?,15-4?,16-5?,17-6?,18-6?,37-7-,38-8?,39-9?,40-10?,41-11?,42-12?,43-13?,44-14-,45-15+,46-16?,47-17?,48-18?. The first-order valence-corrected chi connectivity index (χ1v) is 17.2. The second kappa shape index (κ2) is 15.4. The van der Waals surface area contributed by atoms with Gasteiger partial charge in [-0.25, -0.2) is 0 Å². The molecular formula is C48H42. The van der Waals surface area contributed by atoms with Crippen LogP contribution < -0.4 is 0 Å². The quantitative estimate of drug-likeness (QED) is 0.253. The molecule has 234 valence electrons. The van der Waals surface area contributed by atoms with Crippen LogP contribution >= 0.6 is 0 Å². The van der Waals surface area contributed by atoms with E-state index >= 15 is 0 Å². The highest BCUT2D eigenvalue weighted by molar-refractivity contribution is 5.51. The van der Waals surface area contributed by atoms with Crippen LogP contribution in [0.5, 0.6) is 0 Å². The van der Waals surface area contributed by atoms with Gasteiger partial charge in [-0.1, -0.05) is 182 Å². The van der Waals surface area contributed by atoms with E-state index in [1.165, 1.54) is 66.9 Å². The van der Waals surface area contributed by atoms with E-state index in [2.05, 4.69) is 182 Å². The summed E-state index contributed by atoms with van der Waals surface area (Å²) in [5.74, 6) is 0. The molecule has 7 rings (SSSR count). The van der Waals surface area contributed by atoms with E-state index in [-0.39, 0.29) is 0 Å².